The van der Waals surface area contributed by atoms with Crippen molar-refractivity contribution < 1.29 is 5.11 Å². The van der Waals surface area contributed by atoms with Gasteiger partial charge in [0.25, 0.3) is 0 Å². The number of unbranched alkanes of at least 4 members (excludes halogenated alkanes) is 1. The minimum Gasteiger partial charge on any atom is -0.390 e. The highest BCUT2D eigenvalue weighted by atomic mass is 16.3. The molecule has 0 saturated heterocycles. The molecule has 0 bridgehead atoms. The first kappa shape index (κ1) is 13.5. The van der Waals surface area contributed by atoms with Crippen LogP contribution in [0.4, 0.5) is 0 Å². The van der Waals surface area contributed by atoms with Gasteiger partial charge in [0.2, 0.25) is 0 Å². The second kappa shape index (κ2) is 6.93. The van der Waals surface area contributed by atoms with Gasteiger partial charge in [0.1, 0.15) is 0 Å². The average molecular weight is 223 g/mol. The van der Waals surface area contributed by atoms with Crippen LogP contribution in [-0.4, -0.2) is 23.3 Å². The summed E-state index contributed by atoms with van der Waals surface area (Å²) in [4.78, 5) is 0. The molecule has 1 fully saturated rings. The molecule has 1 rings (SSSR count). The fourth-order valence-corrected chi connectivity index (χ4v) is 2.48. The van der Waals surface area contributed by atoms with E-state index in [0.717, 1.165) is 51.5 Å². The fourth-order valence-electron chi connectivity index (χ4n) is 2.48. The summed E-state index contributed by atoms with van der Waals surface area (Å²) in [5.41, 5.74) is -0.429. The van der Waals surface area contributed by atoms with E-state index in [2.05, 4.69) is 18.2 Å². The van der Waals surface area contributed by atoms with Gasteiger partial charge in [-0.1, -0.05) is 6.92 Å². The van der Waals surface area contributed by atoms with Gasteiger partial charge in [-0.25, -0.2) is 0 Å². The molecule has 1 aliphatic carbocycles. The Kier molecular flexibility index (Phi) is 5.87. The fraction of sp³-hybridized carbons (Fsp3) is 0.857. The minimum absolute atomic E-state index is 0.429. The standard InChI is InChI=1S/C14H25NO/c1-3-5-6-9-14(16)10-7-13(8-11-14)15-12-4-2/h1,13,15-16H,4-12H2,2H3. The molecule has 0 aromatic rings. The number of hydrogen-bond acceptors (Lipinski definition) is 2. The molecular formula is C14H25NO. The van der Waals surface area contributed by atoms with Crippen molar-refractivity contribution in [2.24, 2.45) is 0 Å². The third kappa shape index (κ3) is 4.55. The van der Waals surface area contributed by atoms with Gasteiger partial charge in [0.05, 0.1) is 5.60 Å². The van der Waals surface area contributed by atoms with Crippen LogP contribution in [0.5, 0.6) is 0 Å². The first-order chi connectivity index (χ1) is 7.70. The van der Waals surface area contributed by atoms with Crippen molar-refractivity contribution in [1.29, 1.82) is 0 Å². The van der Waals surface area contributed by atoms with E-state index in [1.807, 2.05) is 0 Å². The van der Waals surface area contributed by atoms with E-state index in [4.69, 9.17) is 6.42 Å². The molecule has 0 amide bonds. The van der Waals surface area contributed by atoms with Crippen molar-refractivity contribution in [1.82, 2.24) is 5.32 Å². The molecular weight excluding hydrogens is 198 g/mol. The first-order valence-corrected chi connectivity index (χ1v) is 6.59. The summed E-state index contributed by atoms with van der Waals surface area (Å²) < 4.78 is 0. The molecule has 0 atom stereocenters. The Morgan fingerprint density at radius 1 is 1.44 bits per heavy atom. The van der Waals surface area contributed by atoms with Crippen LogP contribution in [0.15, 0.2) is 0 Å². The van der Waals surface area contributed by atoms with E-state index in [1.54, 1.807) is 0 Å². The normalized spacial score (nSPS) is 29.9. The number of rotatable bonds is 6. The zero-order valence-electron chi connectivity index (χ0n) is 10.5. The number of nitrogens with one attached hydrogen (secondary N) is 1. The van der Waals surface area contributed by atoms with Crippen LogP contribution < -0.4 is 5.32 Å². The van der Waals surface area contributed by atoms with Crippen LogP contribution in [-0.2, 0) is 0 Å². The lowest BCUT2D eigenvalue weighted by Gasteiger charge is -2.36. The minimum atomic E-state index is -0.429. The highest BCUT2D eigenvalue weighted by Gasteiger charge is 2.32. The molecule has 2 heteroatoms. The highest BCUT2D eigenvalue weighted by molar-refractivity contribution is 4.90. The second-order valence-electron chi connectivity index (χ2n) is 5.01. The Hall–Kier alpha value is -0.520. The Balaban J connectivity index is 2.21. The number of terminal acetylenes is 1. The molecule has 0 radical (unpaired) electrons. The van der Waals surface area contributed by atoms with Gasteiger partial charge < -0.3 is 10.4 Å². The smallest absolute Gasteiger partial charge is 0.0649 e. The molecule has 92 valence electrons. The molecule has 0 heterocycles. The molecule has 2 N–H and O–H groups in total. The Labute approximate surface area is 99.8 Å². The van der Waals surface area contributed by atoms with Crippen molar-refractivity contribution in [2.45, 2.75) is 69.9 Å². The largest absolute Gasteiger partial charge is 0.390 e. The maximum Gasteiger partial charge on any atom is 0.0649 e. The van der Waals surface area contributed by atoms with E-state index >= 15 is 0 Å². The summed E-state index contributed by atoms with van der Waals surface area (Å²) in [6.07, 6.45) is 13.1. The lowest BCUT2D eigenvalue weighted by atomic mass is 9.79. The van der Waals surface area contributed by atoms with E-state index in [0.29, 0.717) is 6.04 Å². The molecule has 1 saturated carbocycles. The molecule has 0 aromatic carbocycles. The predicted molar refractivity (Wildman–Crippen MR) is 68.2 cm³/mol. The van der Waals surface area contributed by atoms with Gasteiger partial charge in [-0.05, 0) is 51.5 Å². The summed E-state index contributed by atoms with van der Waals surface area (Å²) in [6, 6.07) is 0.618. The molecule has 0 aliphatic heterocycles. The van der Waals surface area contributed by atoms with E-state index < -0.39 is 5.60 Å². The van der Waals surface area contributed by atoms with Crippen LogP contribution in [0.3, 0.4) is 0 Å². The Morgan fingerprint density at radius 2 is 2.12 bits per heavy atom. The Bertz CT molecular complexity index is 223. The summed E-state index contributed by atoms with van der Waals surface area (Å²) in [5.74, 6) is 2.64. The topological polar surface area (TPSA) is 32.3 Å². The molecule has 0 unspecified atom stereocenters. The average Bonchev–Trinajstić information content (AvgIpc) is 2.29. The summed E-state index contributed by atoms with van der Waals surface area (Å²) in [6.45, 7) is 3.28. The van der Waals surface area contributed by atoms with Crippen LogP contribution in [0.2, 0.25) is 0 Å². The zero-order chi connectivity index (χ0) is 11.9. The second-order valence-corrected chi connectivity index (χ2v) is 5.01. The first-order valence-electron chi connectivity index (χ1n) is 6.59. The molecule has 0 spiro atoms. The van der Waals surface area contributed by atoms with Crippen LogP contribution >= 0.6 is 0 Å². The van der Waals surface area contributed by atoms with Crippen molar-refractivity contribution in [2.75, 3.05) is 6.54 Å². The van der Waals surface area contributed by atoms with Gasteiger partial charge in [0.15, 0.2) is 0 Å². The van der Waals surface area contributed by atoms with Crippen molar-refractivity contribution in [3.8, 4) is 12.3 Å². The highest BCUT2D eigenvalue weighted by Crippen LogP contribution is 2.32. The number of hydrogen-bond donors (Lipinski definition) is 2. The lowest BCUT2D eigenvalue weighted by molar-refractivity contribution is -0.0121. The van der Waals surface area contributed by atoms with Crippen LogP contribution in [0.25, 0.3) is 0 Å². The maximum absolute atomic E-state index is 10.3. The summed E-state index contributed by atoms with van der Waals surface area (Å²) in [5, 5.41) is 13.9. The van der Waals surface area contributed by atoms with Crippen molar-refractivity contribution >= 4 is 0 Å². The molecule has 0 aromatic heterocycles. The quantitative estimate of drug-likeness (QED) is 0.535. The monoisotopic (exact) mass is 223 g/mol. The van der Waals surface area contributed by atoms with Crippen molar-refractivity contribution in [3.05, 3.63) is 0 Å². The molecule has 2 nitrogen and oxygen atoms in total. The summed E-state index contributed by atoms with van der Waals surface area (Å²) >= 11 is 0. The molecule has 1 aliphatic rings. The van der Waals surface area contributed by atoms with Gasteiger partial charge in [0, 0.05) is 12.5 Å². The van der Waals surface area contributed by atoms with Gasteiger partial charge >= 0.3 is 0 Å². The predicted octanol–water partition coefficient (Wildman–Crippen LogP) is 2.46. The van der Waals surface area contributed by atoms with E-state index in [-0.39, 0.29) is 0 Å². The molecule has 16 heavy (non-hydrogen) atoms. The third-order valence-corrected chi connectivity index (χ3v) is 3.56. The summed E-state index contributed by atoms with van der Waals surface area (Å²) in [7, 11) is 0. The maximum atomic E-state index is 10.3. The van der Waals surface area contributed by atoms with Crippen molar-refractivity contribution in [3.63, 3.8) is 0 Å². The van der Waals surface area contributed by atoms with Gasteiger partial charge in [-0.3, -0.25) is 0 Å². The Morgan fingerprint density at radius 3 is 2.69 bits per heavy atom. The lowest BCUT2D eigenvalue weighted by Crippen LogP contribution is -2.41. The number of aliphatic hydroxyl groups is 1. The van der Waals surface area contributed by atoms with E-state index in [1.165, 1.54) is 6.42 Å². The van der Waals surface area contributed by atoms with Gasteiger partial charge in [-0.2, -0.15) is 0 Å². The van der Waals surface area contributed by atoms with E-state index in [9.17, 15) is 5.11 Å². The van der Waals surface area contributed by atoms with Crippen LogP contribution in [0, 0.1) is 12.3 Å². The van der Waals surface area contributed by atoms with Crippen LogP contribution in [0.1, 0.15) is 58.3 Å². The van der Waals surface area contributed by atoms with Gasteiger partial charge in [-0.15, -0.1) is 12.3 Å². The third-order valence-electron chi connectivity index (χ3n) is 3.56. The zero-order valence-corrected chi connectivity index (χ0v) is 10.5. The SMILES string of the molecule is C#CCCCC1(O)CCC(NCCC)CC1.